The van der Waals surface area contributed by atoms with Gasteiger partial charge in [0.1, 0.15) is 5.56 Å². The molecular weight excluding hydrogens is 206 g/mol. The fourth-order valence-electron chi connectivity index (χ4n) is 2.01. The van der Waals surface area contributed by atoms with Gasteiger partial charge in [-0.3, -0.25) is 4.98 Å². The Labute approximate surface area is 94.3 Å². The number of hydrogen-bond donors (Lipinski definition) is 1. The van der Waals surface area contributed by atoms with Crippen LogP contribution < -0.4 is 4.74 Å². The molecule has 1 aromatic rings. The normalized spacial score (nSPS) is 17.0. The van der Waals surface area contributed by atoms with Crippen LogP contribution in [-0.4, -0.2) is 22.2 Å². The highest BCUT2D eigenvalue weighted by Crippen LogP contribution is 2.25. The summed E-state index contributed by atoms with van der Waals surface area (Å²) >= 11 is 0. The van der Waals surface area contributed by atoms with Crippen molar-refractivity contribution in [3.63, 3.8) is 0 Å². The van der Waals surface area contributed by atoms with Gasteiger partial charge >= 0.3 is 5.97 Å². The summed E-state index contributed by atoms with van der Waals surface area (Å²) < 4.78 is 5.70. The van der Waals surface area contributed by atoms with E-state index in [0.717, 1.165) is 25.7 Å². The molecule has 0 atom stereocenters. The van der Waals surface area contributed by atoms with Crippen LogP contribution in [0.3, 0.4) is 0 Å². The molecule has 0 amide bonds. The van der Waals surface area contributed by atoms with Crippen molar-refractivity contribution in [1.29, 1.82) is 0 Å². The summed E-state index contributed by atoms with van der Waals surface area (Å²) in [5.74, 6) is -0.574. The number of carbonyl (C=O) groups is 1. The van der Waals surface area contributed by atoms with Crippen LogP contribution in [0, 0.1) is 0 Å². The molecule has 0 bridgehead atoms. The predicted octanol–water partition coefficient (Wildman–Crippen LogP) is 2.49. The Hall–Kier alpha value is -1.58. The van der Waals surface area contributed by atoms with Crippen LogP contribution in [0.5, 0.6) is 5.75 Å². The van der Waals surface area contributed by atoms with E-state index in [0.29, 0.717) is 5.75 Å². The Morgan fingerprint density at radius 1 is 1.38 bits per heavy atom. The van der Waals surface area contributed by atoms with Crippen molar-refractivity contribution in [2.75, 3.05) is 0 Å². The van der Waals surface area contributed by atoms with Crippen molar-refractivity contribution in [1.82, 2.24) is 4.98 Å². The van der Waals surface area contributed by atoms with E-state index in [4.69, 9.17) is 9.84 Å². The lowest BCUT2D eigenvalue weighted by Crippen LogP contribution is -2.20. The number of rotatable bonds is 3. The smallest absolute Gasteiger partial charge is 0.339 e. The van der Waals surface area contributed by atoms with Gasteiger partial charge in [0, 0.05) is 6.20 Å². The molecule has 0 aliphatic heterocycles. The third-order valence-corrected chi connectivity index (χ3v) is 2.86. The van der Waals surface area contributed by atoms with Crippen LogP contribution in [0.1, 0.15) is 42.5 Å². The van der Waals surface area contributed by atoms with Crippen LogP contribution in [-0.2, 0) is 0 Å². The van der Waals surface area contributed by atoms with Gasteiger partial charge in [-0.1, -0.05) is 6.42 Å². The molecule has 0 unspecified atom stereocenters. The first-order valence-corrected chi connectivity index (χ1v) is 5.61. The first-order valence-electron chi connectivity index (χ1n) is 5.61. The minimum absolute atomic E-state index is 0.149. The second-order valence-corrected chi connectivity index (χ2v) is 4.05. The maximum Gasteiger partial charge on any atom is 0.339 e. The first-order chi connectivity index (χ1) is 7.77. The number of carboxylic acids is 1. The van der Waals surface area contributed by atoms with E-state index in [2.05, 4.69) is 4.98 Å². The number of ether oxygens (including phenoxy) is 1. The van der Waals surface area contributed by atoms with Crippen LogP contribution in [0.4, 0.5) is 0 Å². The first kappa shape index (κ1) is 10.9. The Bertz CT molecular complexity index is 372. The number of hydrogen-bond acceptors (Lipinski definition) is 3. The summed E-state index contributed by atoms with van der Waals surface area (Å²) in [5, 5.41) is 8.99. The highest BCUT2D eigenvalue weighted by atomic mass is 16.5. The fraction of sp³-hybridized carbons (Fsp3) is 0.500. The summed E-state index contributed by atoms with van der Waals surface area (Å²) in [7, 11) is 0. The minimum atomic E-state index is -0.965. The largest absolute Gasteiger partial charge is 0.488 e. The van der Waals surface area contributed by atoms with Gasteiger partial charge in [0.15, 0.2) is 5.75 Å². The number of carboxylic acid groups (broad SMARTS) is 1. The van der Waals surface area contributed by atoms with Gasteiger partial charge in [-0.2, -0.15) is 0 Å². The lowest BCUT2D eigenvalue weighted by molar-refractivity contribution is 0.0686. The summed E-state index contributed by atoms with van der Waals surface area (Å²) in [4.78, 5) is 14.9. The molecule has 1 fully saturated rings. The van der Waals surface area contributed by atoms with E-state index in [1.165, 1.54) is 24.9 Å². The third kappa shape index (κ3) is 2.51. The molecule has 2 rings (SSSR count). The SMILES string of the molecule is O=C(O)c1ccncc1OC1CCCCC1. The van der Waals surface area contributed by atoms with Crippen LogP contribution in [0.15, 0.2) is 18.5 Å². The number of aromatic nitrogens is 1. The van der Waals surface area contributed by atoms with Gasteiger partial charge in [-0.25, -0.2) is 4.79 Å². The maximum atomic E-state index is 11.0. The van der Waals surface area contributed by atoms with Gasteiger partial charge < -0.3 is 9.84 Å². The van der Waals surface area contributed by atoms with E-state index >= 15 is 0 Å². The average molecular weight is 221 g/mol. The molecule has 0 aromatic carbocycles. The van der Waals surface area contributed by atoms with Crippen LogP contribution >= 0.6 is 0 Å². The molecular formula is C12H15NO3. The highest BCUT2D eigenvalue weighted by molar-refractivity contribution is 5.90. The van der Waals surface area contributed by atoms with E-state index in [1.807, 2.05) is 0 Å². The lowest BCUT2D eigenvalue weighted by atomic mass is 9.98. The van der Waals surface area contributed by atoms with Crippen molar-refractivity contribution >= 4 is 5.97 Å². The van der Waals surface area contributed by atoms with Gasteiger partial charge in [0.05, 0.1) is 12.3 Å². The standard InChI is InChI=1S/C12H15NO3/c14-12(15)10-6-7-13-8-11(10)16-9-4-2-1-3-5-9/h6-9H,1-5H2,(H,14,15). The average Bonchev–Trinajstić information content (AvgIpc) is 2.31. The van der Waals surface area contributed by atoms with Crippen LogP contribution in [0.2, 0.25) is 0 Å². The Kier molecular flexibility index (Phi) is 3.39. The predicted molar refractivity (Wildman–Crippen MR) is 58.7 cm³/mol. The minimum Gasteiger partial charge on any atom is -0.488 e. The Morgan fingerprint density at radius 2 is 2.12 bits per heavy atom. The van der Waals surface area contributed by atoms with Crippen molar-refractivity contribution in [3.8, 4) is 5.75 Å². The van der Waals surface area contributed by atoms with Crippen molar-refractivity contribution < 1.29 is 14.6 Å². The molecule has 1 heterocycles. The molecule has 0 radical (unpaired) electrons. The topological polar surface area (TPSA) is 59.4 Å². The van der Waals surface area contributed by atoms with Gasteiger partial charge in [0.25, 0.3) is 0 Å². The molecule has 1 aliphatic carbocycles. The molecule has 86 valence electrons. The zero-order valence-electron chi connectivity index (χ0n) is 9.06. The van der Waals surface area contributed by atoms with E-state index in [9.17, 15) is 4.79 Å². The van der Waals surface area contributed by atoms with E-state index in [1.54, 1.807) is 0 Å². The molecule has 16 heavy (non-hydrogen) atoms. The monoisotopic (exact) mass is 221 g/mol. The Balaban J connectivity index is 2.10. The molecule has 1 saturated carbocycles. The lowest BCUT2D eigenvalue weighted by Gasteiger charge is -2.23. The molecule has 1 N–H and O–H groups in total. The molecule has 0 spiro atoms. The molecule has 4 nitrogen and oxygen atoms in total. The summed E-state index contributed by atoms with van der Waals surface area (Å²) in [5.41, 5.74) is 0.195. The molecule has 1 aliphatic rings. The van der Waals surface area contributed by atoms with Crippen molar-refractivity contribution in [2.45, 2.75) is 38.2 Å². The number of nitrogens with zero attached hydrogens (tertiary/aromatic N) is 1. The van der Waals surface area contributed by atoms with Gasteiger partial charge in [0.2, 0.25) is 0 Å². The van der Waals surface area contributed by atoms with Gasteiger partial charge in [-0.05, 0) is 31.7 Å². The number of pyridine rings is 1. The second-order valence-electron chi connectivity index (χ2n) is 4.05. The maximum absolute atomic E-state index is 11.0. The van der Waals surface area contributed by atoms with Crippen LogP contribution in [0.25, 0.3) is 0 Å². The Morgan fingerprint density at radius 3 is 2.81 bits per heavy atom. The zero-order chi connectivity index (χ0) is 11.4. The molecule has 1 aromatic heterocycles. The fourth-order valence-corrected chi connectivity index (χ4v) is 2.01. The zero-order valence-corrected chi connectivity index (χ0v) is 9.06. The van der Waals surface area contributed by atoms with E-state index in [-0.39, 0.29) is 11.7 Å². The van der Waals surface area contributed by atoms with Crippen molar-refractivity contribution in [2.24, 2.45) is 0 Å². The molecule has 4 heteroatoms. The quantitative estimate of drug-likeness (QED) is 0.851. The van der Waals surface area contributed by atoms with Crippen molar-refractivity contribution in [3.05, 3.63) is 24.0 Å². The van der Waals surface area contributed by atoms with Gasteiger partial charge in [-0.15, -0.1) is 0 Å². The molecule has 0 saturated heterocycles. The summed E-state index contributed by atoms with van der Waals surface area (Å²) in [6.07, 6.45) is 8.69. The van der Waals surface area contributed by atoms with E-state index < -0.39 is 5.97 Å². The highest BCUT2D eigenvalue weighted by Gasteiger charge is 2.18. The summed E-state index contributed by atoms with van der Waals surface area (Å²) in [6, 6.07) is 1.47. The third-order valence-electron chi connectivity index (χ3n) is 2.86. The summed E-state index contributed by atoms with van der Waals surface area (Å²) in [6.45, 7) is 0. The number of aromatic carboxylic acids is 1. The second kappa shape index (κ2) is 4.96.